The van der Waals surface area contributed by atoms with Crippen molar-refractivity contribution in [2.45, 2.75) is 6.92 Å². The normalized spacial score (nSPS) is 19.7. The Morgan fingerprint density at radius 2 is 2.22 bits per heavy atom. The lowest BCUT2D eigenvalue weighted by Crippen LogP contribution is -2.25. The molecule has 0 radical (unpaired) electrons. The second-order valence-corrected chi connectivity index (χ2v) is 4.21. The number of hydrogen-bond acceptors (Lipinski definition) is 3. The van der Waals surface area contributed by atoms with Crippen LogP contribution in [-0.2, 0) is 9.53 Å². The standard InChI is InChI=1S/C15H13NO2/c1-2-18-15(17)12-8-5-7-11-10-6-3-4-9-13(10)16-14(11)12/h3-9,12H,2H2,1H3. The minimum absolute atomic E-state index is 0.231. The molecule has 1 aromatic carbocycles. The average Bonchev–Trinajstić information content (AvgIpc) is 2.77. The first-order chi connectivity index (χ1) is 8.81. The van der Waals surface area contributed by atoms with Crippen molar-refractivity contribution in [3.63, 3.8) is 0 Å². The third-order valence-corrected chi connectivity index (χ3v) is 3.11. The maximum Gasteiger partial charge on any atom is 0.318 e. The fourth-order valence-electron chi connectivity index (χ4n) is 2.32. The molecule has 3 rings (SSSR count). The van der Waals surface area contributed by atoms with Gasteiger partial charge in [0.25, 0.3) is 0 Å². The summed E-state index contributed by atoms with van der Waals surface area (Å²) in [6, 6.07) is 7.92. The number of para-hydroxylation sites is 1. The van der Waals surface area contributed by atoms with Crippen LogP contribution in [0.5, 0.6) is 0 Å². The highest BCUT2D eigenvalue weighted by Gasteiger charge is 2.32. The summed E-state index contributed by atoms with van der Waals surface area (Å²) in [4.78, 5) is 16.5. The third kappa shape index (κ3) is 1.59. The molecule has 2 aliphatic rings. The summed E-state index contributed by atoms with van der Waals surface area (Å²) in [6.07, 6.45) is 5.74. The predicted molar refractivity (Wildman–Crippen MR) is 70.8 cm³/mol. The summed E-state index contributed by atoms with van der Waals surface area (Å²) in [6.45, 7) is 2.20. The topological polar surface area (TPSA) is 38.7 Å². The second-order valence-electron chi connectivity index (χ2n) is 4.21. The number of rotatable bonds is 2. The molecule has 18 heavy (non-hydrogen) atoms. The van der Waals surface area contributed by atoms with Gasteiger partial charge in [-0.2, -0.15) is 0 Å². The monoisotopic (exact) mass is 239 g/mol. The maximum atomic E-state index is 11.9. The van der Waals surface area contributed by atoms with Gasteiger partial charge in [-0.3, -0.25) is 9.79 Å². The SMILES string of the molecule is CCOC(=O)C1C=CC=C2C1=Nc1ccccc12. The Balaban J connectivity index is 2.01. The van der Waals surface area contributed by atoms with Crippen molar-refractivity contribution >= 4 is 22.9 Å². The van der Waals surface area contributed by atoms with Crippen LogP contribution in [0.2, 0.25) is 0 Å². The van der Waals surface area contributed by atoms with Crippen LogP contribution in [0, 0.1) is 5.92 Å². The van der Waals surface area contributed by atoms with Crippen LogP contribution in [0.25, 0.3) is 5.57 Å². The van der Waals surface area contributed by atoms with Gasteiger partial charge in [-0.25, -0.2) is 0 Å². The van der Waals surface area contributed by atoms with Gasteiger partial charge in [0.15, 0.2) is 0 Å². The highest BCUT2D eigenvalue weighted by atomic mass is 16.5. The highest BCUT2D eigenvalue weighted by molar-refractivity contribution is 6.35. The fraction of sp³-hybridized carbons (Fsp3) is 0.200. The van der Waals surface area contributed by atoms with E-state index in [1.54, 1.807) is 0 Å². The van der Waals surface area contributed by atoms with E-state index < -0.39 is 0 Å². The second kappa shape index (κ2) is 4.26. The molecule has 0 amide bonds. The average molecular weight is 239 g/mol. The van der Waals surface area contributed by atoms with Gasteiger partial charge in [-0.15, -0.1) is 0 Å². The lowest BCUT2D eigenvalue weighted by Gasteiger charge is -2.16. The van der Waals surface area contributed by atoms with E-state index in [2.05, 4.69) is 4.99 Å². The Kier molecular flexibility index (Phi) is 2.59. The molecule has 0 N–H and O–H groups in total. The molecular weight excluding hydrogens is 226 g/mol. The Morgan fingerprint density at radius 1 is 1.39 bits per heavy atom. The summed E-state index contributed by atoms with van der Waals surface area (Å²) in [5.41, 5.74) is 3.85. The highest BCUT2D eigenvalue weighted by Crippen LogP contribution is 2.39. The molecule has 1 heterocycles. The zero-order chi connectivity index (χ0) is 12.5. The van der Waals surface area contributed by atoms with Gasteiger partial charge in [0.2, 0.25) is 0 Å². The zero-order valence-electron chi connectivity index (χ0n) is 10.1. The van der Waals surface area contributed by atoms with Gasteiger partial charge in [-0.1, -0.05) is 36.4 Å². The molecule has 1 atom stereocenters. The molecule has 1 aliphatic heterocycles. The van der Waals surface area contributed by atoms with Crippen LogP contribution in [0.15, 0.2) is 47.5 Å². The van der Waals surface area contributed by atoms with E-state index in [9.17, 15) is 4.79 Å². The molecule has 0 saturated carbocycles. The van der Waals surface area contributed by atoms with Gasteiger partial charge in [0.05, 0.1) is 18.0 Å². The molecule has 3 nitrogen and oxygen atoms in total. The third-order valence-electron chi connectivity index (χ3n) is 3.11. The van der Waals surface area contributed by atoms with Crippen molar-refractivity contribution in [2.24, 2.45) is 10.9 Å². The molecule has 90 valence electrons. The van der Waals surface area contributed by atoms with Crippen LogP contribution in [0.1, 0.15) is 12.5 Å². The van der Waals surface area contributed by atoms with E-state index in [0.29, 0.717) is 6.61 Å². The molecule has 0 fully saturated rings. The molecule has 1 aromatic rings. The fourth-order valence-corrected chi connectivity index (χ4v) is 2.32. The summed E-state index contributed by atoms with van der Waals surface area (Å²) < 4.78 is 5.09. The number of esters is 1. The summed E-state index contributed by atoms with van der Waals surface area (Å²) in [5, 5.41) is 0. The van der Waals surface area contributed by atoms with Crippen LogP contribution < -0.4 is 0 Å². The predicted octanol–water partition coefficient (Wildman–Crippen LogP) is 2.91. The largest absolute Gasteiger partial charge is 0.465 e. The molecule has 1 unspecified atom stereocenters. The van der Waals surface area contributed by atoms with Crippen molar-refractivity contribution in [2.75, 3.05) is 6.61 Å². The number of carbonyl (C=O) groups excluding carboxylic acids is 1. The van der Waals surface area contributed by atoms with Gasteiger partial charge < -0.3 is 4.74 Å². The number of carbonyl (C=O) groups is 1. The Morgan fingerprint density at radius 3 is 3.06 bits per heavy atom. The summed E-state index contributed by atoms with van der Waals surface area (Å²) in [5.74, 6) is -0.608. The van der Waals surface area contributed by atoms with Crippen LogP contribution in [0.4, 0.5) is 5.69 Å². The molecule has 0 bridgehead atoms. The van der Waals surface area contributed by atoms with E-state index >= 15 is 0 Å². The maximum absolute atomic E-state index is 11.9. The Labute approximate surface area is 105 Å². The Bertz CT molecular complexity index is 596. The van der Waals surface area contributed by atoms with E-state index in [0.717, 1.165) is 22.5 Å². The first kappa shape index (κ1) is 11.0. The van der Waals surface area contributed by atoms with Crippen LogP contribution in [0.3, 0.4) is 0 Å². The minimum Gasteiger partial charge on any atom is -0.465 e. The number of aliphatic imine (C=N–C) groups is 1. The van der Waals surface area contributed by atoms with E-state index in [-0.39, 0.29) is 11.9 Å². The van der Waals surface area contributed by atoms with Crippen molar-refractivity contribution in [3.8, 4) is 0 Å². The summed E-state index contributed by atoms with van der Waals surface area (Å²) >= 11 is 0. The van der Waals surface area contributed by atoms with Gasteiger partial charge in [-0.05, 0) is 13.0 Å². The van der Waals surface area contributed by atoms with Crippen molar-refractivity contribution in [3.05, 3.63) is 48.1 Å². The molecule has 3 heteroatoms. The first-order valence-corrected chi connectivity index (χ1v) is 6.04. The molecule has 0 spiro atoms. The van der Waals surface area contributed by atoms with Crippen molar-refractivity contribution in [1.29, 1.82) is 0 Å². The number of fused-ring (bicyclic) bond motifs is 3. The summed E-state index contributed by atoms with van der Waals surface area (Å²) in [7, 11) is 0. The van der Waals surface area contributed by atoms with Gasteiger partial charge >= 0.3 is 5.97 Å². The number of ether oxygens (including phenoxy) is 1. The lowest BCUT2D eigenvalue weighted by atomic mass is 9.89. The van der Waals surface area contributed by atoms with Crippen LogP contribution in [-0.4, -0.2) is 18.3 Å². The molecule has 1 aliphatic carbocycles. The lowest BCUT2D eigenvalue weighted by molar-refractivity contribution is -0.144. The number of hydrogen-bond donors (Lipinski definition) is 0. The first-order valence-electron chi connectivity index (χ1n) is 6.04. The van der Waals surface area contributed by atoms with E-state index in [4.69, 9.17) is 4.74 Å². The number of benzene rings is 1. The van der Waals surface area contributed by atoms with Crippen molar-refractivity contribution < 1.29 is 9.53 Å². The smallest absolute Gasteiger partial charge is 0.318 e. The minimum atomic E-state index is -0.377. The molecule has 0 aromatic heterocycles. The number of nitrogens with zero attached hydrogens (tertiary/aromatic N) is 1. The van der Waals surface area contributed by atoms with E-state index in [1.807, 2.05) is 49.4 Å². The quantitative estimate of drug-likeness (QED) is 0.744. The zero-order valence-corrected chi connectivity index (χ0v) is 10.1. The van der Waals surface area contributed by atoms with Gasteiger partial charge in [0, 0.05) is 11.1 Å². The van der Waals surface area contributed by atoms with E-state index in [1.165, 1.54) is 0 Å². The Hall–Kier alpha value is -2.16. The molecule has 0 saturated heterocycles. The molecular formula is C15H13NO2. The van der Waals surface area contributed by atoms with Gasteiger partial charge in [0.1, 0.15) is 5.92 Å². The van der Waals surface area contributed by atoms with Crippen molar-refractivity contribution in [1.82, 2.24) is 0 Å². The van der Waals surface area contributed by atoms with Crippen LogP contribution >= 0.6 is 0 Å². The number of allylic oxidation sites excluding steroid dienone is 3.